The third-order valence-electron chi connectivity index (χ3n) is 5.43. The van der Waals surface area contributed by atoms with Crippen molar-refractivity contribution >= 4 is 17.7 Å². The lowest BCUT2D eigenvalue weighted by atomic mass is 10.1. The highest BCUT2D eigenvalue weighted by molar-refractivity contribution is 5.96. The van der Waals surface area contributed by atoms with E-state index in [1.165, 1.54) is 30.0 Å². The highest BCUT2D eigenvalue weighted by Crippen LogP contribution is 2.32. The van der Waals surface area contributed by atoms with Crippen LogP contribution < -0.4 is 9.64 Å². The first kappa shape index (κ1) is 24.7. The fourth-order valence-electron chi connectivity index (χ4n) is 3.73. The molecular formula is C26H21F3N4O3. The van der Waals surface area contributed by atoms with E-state index in [0.29, 0.717) is 35.9 Å². The Kier molecular flexibility index (Phi) is 7.20. The topological polar surface area (TPSA) is 75.6 Å². The van der Waals surface area contributed by atoms with Gasteiger partial charge in [-0.25, -0.2) is 0 Å². The molecule has 1 saturated heterocycles. The molecule has 1 aliphatic rings. The van der Waals surface area contributed by atoms with Crippen molar-refractivity contribution in [3.8, 4) is 17.6 Å². The first-order valence-electron chi connectivity index (χ1n) is 11.1. The first-order valence-corrected chi connectivity index (χ1v) is 11.1. The zero-order chi connectivity index (χ0) is 25.7. The van der Waals surface area contributed by atoms with Gasteiger partial charge in [0.2, 0.25) is 0 Å². The number of hydrogen-bond acceptors (Lipinski definition) is 6. The summed E-state index contributed by atoms with van der Waals surface area (Å²) in [6.45, 7) is 2.64. The van der Waals surface area contributed by atoms with Gasteiger partial charge in [0.25, 0.3) is 5.91 Å². The van der Waals surface area contributed by atoms with E-state index in [-0.39, 0.29) is 18.7 Å². The quantitative estimate of drug-likeness (QED) is 0.314. The Labute approximate surface area is 205 Å². The number of ether oxygens (including phenoxy) is 1. The number of benzene rings is 2. The van der Waals surface area contributed by atoms with E-state index < -0.39 is 23.6 Å². The summed E-state index contributed by atoms with van der Waals surface area (Å²) >= 11 is 0. The van der Waals surface area contributed by atoms with E-state index in [4.69, 9.17) is 4.74 Å². The van der Waals surface area contributed by atoms with Gasteiger partial charge < -0.3 is 14.5 Å². The molecule has 0 N–H and O–H groups in total. The molecule has 10 heteroatoms. The molecule has 0 bridgehead atoms. The van der Waals surface area contributed by atoms with Gasteiger partial charge in [-0.05, 0) is 48.4 Å². The molecule has 0 saturated carbocycles. The van der Waals surface area contributed by atoms with Crippen molar-refractivity contribution in [2.75, 3.05) is 31.1 Å². The average molecular weight is 494 g/mol. The van der Waals surface area contributed by atoms with Crippen LogP contribution in [0, 0.1) is 11.8 Å². The Morgan fingerprint density at radius 1 is 0.917 bits per heavy atom. The van der Waals surface area contributed by atoms with Gasteiger partial charge in [0.05, 0.1) is 11.1 Å². The Morgan fingerprint density at radius 3 is 2.33 bits per heavy atom. The molecule has 1 fully saturated rings. The van der Waals surface area contributed by atoms with Gasteiger partial charge >= 0.3 is 12.1 Å². The second-order valence-corrected chi connectivity index (χ2v) is 7.97. The molecule has 0 unspecified atom stereocenters. The average Bonchev–Trinajstić information content (AvgIpc) is 2.87. The van der Waals surface area contributed by atoms with Crippen LogP contribution in [0.15, 0.2) is 60.7 Å². The molecule has 1 aromatic heterocycles. The lowest BCUT2D eigenvalue weighted by molar-refractivity contribution is -0.138. The summed E-state index contributed by atoms with van der Waals surface area (Å²) in [5.74, 6) is 5.76. The molecule has 1 amide bonds. The van der Waals surface area contributed by atoms with Crippen LogP contribution in [0.3, 0.4) is 0 Å². The fraction of sp³-hybridized carbons (Fsp3) is 0.231. The minimum absolute atomic E-state index is 0.257. The van der Waals surface area contributed by atoms with Crippen molar-refractivity contribution in [2.24, 2.45) is 0 Å². The van der Waals surface area contributed by atoms with Crippen LogP contribution in [-0.2, 0) is 11.0 Å². The maximum Gasteiger partial charge on any atom is 0.417 e. The number of rotatable bonds is 3. The zero-order valence-corrected chi connectivity index (χ0v) is 19.2. The van der Waals surface area contributed by atoms with Crippen molar-refractivity contribution < 1.29 is 27.5 Å². The summed E-state index contributed by atoms with van der Waals surface area (Å²) in [4.78, 5) is 27.2. The normalized spacial score (nSPS) is 13.6. The summed E-state index contributed by atoms with van der Waals surface area (Å²) in [5.41, 5.74) is -0.195. The van der Waals surface area contributed by atoms with E-state index in [1.54, 1.807) is 36.4 Å². The zero-order valence-electron chi connectivity index (χ0n) is 19.2. The number of esters is 1. The highest BCUT2D eigenvalue weighted by atomic mass is 19.4. The molecule has 4 rings (SSSR count). The van der Waals surface area contributed by atoms with E-state index in [0.717, 1.165) is 6.07 Å². The van der Waals surface area contributed by atoms with E-state index >= 15 is 0 Å². The third-order valence-corrected chi connectivity index (χ3v) is 5.43. The number of hydrogen-bond donors (Lipinski definition) is 0. The van der Waals surface area contributed by atoms with Gasteiger partial charge in [-0.2, -0.15) is 13.2 Å². The lowest BCUT2D eigenvalue weighted by Crippen LogP contribution is -2.49. The Balaban J connectivity index is 1.38. The van der Waals surface area contributed by atoms with Crippen molar-refractivity contribution in [1.82, 2.24) is 15.1 Å². The molecule has 7 nitrogen and oxygen atoms in total. The van der Waals surface area contributed by atoms with Crippen molar-refractivity contribution in [3.05, 3.63) is 83.0 Å². The Morgan fingerprint density at radius 2 is 1.67 bits per heavy atom. The maximum absolute atomic E-state index is 13.3. The molecule has 1 aliphatic heterocycles. The van der Waals surface area contributed by atoms with Crippen molar-refractivity contribution in [3.63, 3.8) is 0 Å². The molecule has 184 valence electrons. The largest absolute Gasteiger partial charge is 0.427 e. The number of carbonyl (C=O) groups is 2. The third kappa shape index (κ3) is 5.99. The monoisotopic (exact) mass is 494 g/mol. The molecule has 0 aliphatic carbocycles. The van der Waals surface area contributed by atoms with Crippen LogP contribution in [0.1, 0.15) is 34.1 Å². The van der Waals surface area contributed by atoms with E-state index in [1.807, 2.05) is 4.90 Å². The second-order valence-electron chi connectivity index (χ2n) is 7.97. The number of alkyl halides is 3. The standard InChI is InChI=1S/C26H21F3N4O3/c1-18(34)36-21-6-4-5-19(17-21)9-10-20-11-12-24(31-30-20)32-13-15-33(16-14-32)25(35)22-7-2-3-8-23(22)26(27,28)29/h2-8,11-12,17H,13-16H2,1H3. The van der Waals surface area contributed by atoms with Crippen molar-refractivity contribution in [2.45, 2.75) is 13.1 Å². The van der Waals surface area contributed by atoms with Crippen LogP contribution in [0.25, 0.3) is 0 Å². The van der Waals surface area contributed by atoms with Gasteiger partial charge in [-0.3, -0.25) is 9.59 Å². The van der Waals surface area contributed by atoms with Gasteiger partial charge in [0, 0.05) is 38.7 Å². The van der Waals surface area contributed by atoms with Crippen LogP contribution >= 0.6 is 0 Å². The predicted molar refractivity (Wildman–Crippen MR) is 125 cm³/mol. The molecule has 0 spiro atoms. The Hall–Kier alpha value is -4.39. The fourth-order valence-corrected chi connectivity index (χ4v) is 3.73. The smallest absolute Gasteiger partial charge is 0.417 e. The summed E-state index contributed by atoms with van der Waals surface area (Å²) < 4.78 is 44.9. The number of piperazine rings is 1. The first-order chi connectivity index (χ1) is 17.2. The van der Waals surface area contributed by atoms with Crippen LogP contribution in [-0.4, -0.2) is 53.2 Å². The van der Waals surface area contributed by atoms with Crippen LogP contribution in [0.4, 0.5) is 19.0 Å². The van der Waals surface area contributed by atoms with Gasteiger partial charge in [-0.15, -0.1) is 10.2 Å². The lowest BCUT2D eigenvalue weighted by Gasteiger charge is -2.35. The number of anilines is 1. The van der Waals surface area contributed by atoms with Crippen molar-refractivity contribution in [1.29, 1.82) is 0 Å². The number of halogens is 3. The Bertz CT molecular complexity index is 1320. The van der Waals surface area contributed by atoms with Gasteiger partial charge in [-0.1, -0.05) is 24.1 Å². The SMILES string of the molecule is CC(=O)Oc1cccc(C#Cc2ccc(N3CCN(C(=O)c4ccccc4C(F)(F)F)CC3)nn2)c1. The summed E-state index contributed by atoms with van der Waals surface area (Å²) in [7, 11) is 0. The molecule has 0 atom stereocenters. The summed E-state index contributed by atoms with van der Waals surface area (Å²) in [6.07, 6.45) is -4.60. The maximum atomic E-state index is 13.3. The van der Waals surface area contributed by atoms with Gasteiger partial charge in [0.15, 0.2) is 5.82 Å². The molecule has 36 heavy (non-hydrogen) atoms. The number of nitrogens with zero attached hydrogens (tertiary/aromatic N) is 4. The van der Waals surface area contributed by atoms with Crippen LogP contribution in [0.5, 0.6) is 5.75 Å². The summed E-state index contributed by atoms with van der Waals surface area (Å²) in [5, 5.41) is 8.32. The van der Waals surface area contributed by atoms with Gasteiger partial charge in [0.1, 0.15) is 11.4 Å². The predicted octanol–water partition coefficient (Wildman–Crippen LogP) is 3.78. The molecule has 0 radical (unpaired) electrons. The molecule has 2 heterocycles. The van der Waals surface area contributed by atoms with E-state index in [9.17, 15) is 22.8 Å². The van der Waals surface area contributed by atoms with E-state index in [2.05, 4.69) is 22.0 Å². The van der Waals surface area contributed by atoms with Crippen LogP contribution in [0.2, 0.25) is 0 Å². The second kappa shape index (κ2) is 10.5. The number of aromatic nitrogens is 2. The minimum Gasteiger partial charge on any atom is -0.427 e. The highest BCUT2D eigenvalue weighted by Gasteiger charge is 2.36. The molecule has 3 aromatic rings. The molecule has 2 aromatic carbocycles. The minimum atomic E-state index is -4.60. The summed E-state index contributed by atoms with van der Waals surface area (Å²) in [6, 6.07) is 15.1. The number of carbonyl (C=O) groups excluding carboxylic acids is 2. The molecular weight excluding hydrogens is 473 g/mol. The number of amides is 1.